The zero-order chi connectivity index (χ0) is 15.6. The Bertz CT molecular complexity index is 780. The largest absolute Gasteiger partial charge is 0.478 e. The summed E-state index contributed by atoms with van der Waals surface area (Å²) in [7, 11) is -3.74. The molecule has 21 heavy (non-hydrogen) atoms. The van der Waals surface area contributed by atoms with Crippen molar-refractivity contribution in [3.63, 3.8) is 0 Å². The van der Waals surface area contributed by atoms with Crippen LogP contribution in [-0.2, 0) is 22.0 Å². The summed E-state index contributed by atoms with van der Waals surface area (Å²) in [6.45, 7) is 3.36. The molecule has 2 rings (SSSR count). The Hall–Kier alpha value is -2.22. The molecule has 0 atom stereocenters. The van der Waals surface area contributed by atoms with Gasteiger partial charge in [-0.2, -0.15) is 0 Å². The van der Waals surface area contributed by atoms with E-state index in [1.54, 1.807) is 13.8 Å². The van der Waals surface area contributed by atoms with Gasteiger partial charge in [0.25, 0.3) is 0 Å². The molecule has 0 amide bonds. The number of hydrogen-bond acceptors (Lipinski definition) is 6. The van der Waals surface area contributed by atoms with Crippen LogP contribution in [0.2, 0.25) is 0 Å². The minimum Gasteiger partial charge on any atom is -0.478 e. The minimum absolute atomic E-state index is 0.0136. The van der Waals surface area contributed by atoms with Gasteiger partial charge in [0.2, 0.25) is 11.8 Å². The van der Waals surface area contributed by atoms with E-state index in [0.29, 0.717) is 12.0 Å². The fourth-order valence-corrected chi connectivity index (χ4v) is 3.08. The van der Waals surface area contributed by atoms with Gasteiger partial charge >= 0.3 is 5.97 Å². The second-order valence-corrected chi connectivity index (χ2v) is 6.44. The van der Waals surface area contributed by atoms with Crippen LogP contribution in [-0.4, -0.2) is 29.7 Å². The van der Waals surface area contributed by atoms with Gasteiger partial charge in [0.15, 0.2) is 9.84 Å². The molecule has 0 fully saturated rings. The van der Waals surface area contributed by atoms with Crippen molar-refractivity contribution < 1.29 is 22.7 Å². The third-order valence-electron chi connectivity index (χ3n) is 2.93. The molecule has 0 spiro atoms. The van der Waals surface area contributed by atoms with Crippen molar-refractivity contribution in [2.24, 2.45) is 0 Å². The van der Waals surface area contributed by atoms with Crippen molar-refractivity contribution in [3.8, 4) is 0 Å². The van der Waals surface area contributed by atoms with E-state index in [4.69, 9.17) is 9.52 Å². The number of hydrogen-bond donors (Lipinski definition) is 1. The number of sulfone groups is 1. The first-order chi connectivity index (χ1) is 9.83. The summed E-state index contributed by atoms with van der Waals surface area (Å²) in [6, 6.07) is 4.07. The van der Waals surface area contributed by atoms with Gasteiger partial charge in [0.05, 0.1) is 10.5 Å². The van der Waals surface area contributed by atoms with Crippen LogP contribution < -0.4 is 0 Å². The SMILES string of the molecule is CCc1ccc(S(=O)(=O)Cc2nnc(C)o2)cc1C(=O)O. The van der Waals surface area contributed by atoms with Crippen LogP contribution in [0, 0.1) is 6.92 Å². The predicted octanol–water partition coefficient (Wildman–Crippen LogP) is 1.61. The van der Waals surface area contributed by atoms with Gasteiger partial charge in [-0.25, -0.2) is 13.2 Å². The number of aromatic nitrogens is 2. The lowest BCUT2D eigenvalue weighted by Crippen LogP contribution is -2.09. The van der Waals surface area contributed by atoms with E-state index >= 15 is 0 Å². The molecule has 0 bridgehead atoms. The van der Waals surface area contributed by atoms with Gasteiger partial charge in [0, 0.05) is 6.92 Å². The van der Waals surface area contributed by atoms with Gasteiger partial charge in [-0.1, -0.05) is 13.0 Å². The summed E-state index contributed by atoms with van der Waals surface area (Å²) < 4.78 is 29.6. The Morgan fingerprint density at radius 2 is 2.05 bits per heavy atom. The summed E-state index contributed by atoms with van der Waals surface area (Å²) >= 11 is 0. The summed E-state index contributed by atoms with van der Waals surface area (Å²) in [5.74, 6) is -1.37. The fraction of sp³-hybridized carbons (Fsp3) is 0.308. The van der Waals surface area contributed by atoms with Crippen molar-refractivity contribution in [1.82, 2.24) is 10.2 Å². The van der Waals surface area contributed by atoms with Gasteiger partial charge in [-0.15, -0.1) is 10.2 Å². The van der Waals surface area contributed by atoms with Crippen LogP contribution in [0.3, 0.4) is 0 Å². The van der Waals surface area contributed by atoms with E-state index in [-0.39, 0.29) is 22.2 Å². The first kappa shape index (κ1) is 15.2. The molecule has 1 aromatic carbocycles. The van der Waals surface area contributed by atoms with Crippen molar-refractivity contribution in [3.05, 3.63) is 41.1 Å². The Morgan fingerprint density at radius 3 is 2.57 bits per heavy atom. The smallest absolute Gasteiger partial charge is 0.336 e. The minimum atomic E-state index is -3.74. The lowest BCUT2D eigenvalue weighted by Gasteiger charge is -2.07. The van der Waals surface area contributed by atoms with E-state index in [2.05, 4.69) is 10.2 Å². The normalized spacial score (nSPS) is 11.5. The van der Waals surface area contributed by atoms with Crippen molar-refractivity contribution >= 4 is 15.8 Å². The van der Waals surface area contributed by atoms with Crippen molar-refractivity contribution in [2.75, 3.05) is 0 Å². The molecule has 7 nitrogen and oxygen atoms in total. The molecular weight excluding hydrogens is 296 g/mol. The molecule has 0 saturated carbocycles. The topological polar surface area (TPSA) is 110 Å². The van der Waals surface area contributed by atoms with Crippen molar-refractivity contribution in [1.29, 1.82) is 0 Å². The first-order valence-electron chi connectivity index (χ1n) is 6.21. The number of aryl methyl sites for hydroxylation is 2. The van der Waals surface area contributed by atoms with E-state index in [9.17, 15) is 13.2 Å². The lowest BCUT2D eigenvalue weighted by atomic mass is 10.1. The Morgan fingerprint density at radius 1 is 1.33 bits per heavy atom. The maximum atomic E-state index is 12.3. The summed E-state index contributed by atoms with van der Waals surface area (Å²) in [6.07, 6.45) is 0.505. The molecule has 0 aliphatic heterocycles. The number of nitrogens with zero attached hydrogens (tertiary/aromatic N) is 2. The molecule has 1 N–H and O–H groups in total. The molecule has 112 valence electrons. The predicted molar refractivity (Wildman–Crippen MR) is 72.7 cm³/mol. The van der Waals surface area contributed by atoms with Gasteiger partial charge < -0.3 is 9.52 Å². The average molecular weight is 310 g/mol. The third-order valence-corrected chi connectivity index (χ3v) is 4.53. The number of aromatic carboxylic acids is 1. The molecule has 0 radical (unpaired) electrons. The zero-order valence-electron chi connectivity index (χ0n) is 11.5. The molecule has 2 aromatic rings. The Labute approximate surface area is 121 Å². The second kappa shape index (κ2) is 5.65. The Balaban J connectivity index is 2.40. The average Bonchev–Trinajstić information content (AvgIpc) is 2.82. The standard InChI is InChI=1S/C13H14N2O5S/c1-3-9-4-5-10(6-11(9)13(16)17)21(18,19)7-12-15-14-8(2)20-12/h4-6H,3,7H2,1-2H3,(H,16,17). The lowest BCUT2D eigenvalue weighted by molar-refractivity contribution is 0.0695. The second-order valence-electron chi connectivity index (χ2n) is 4.45. The highest BCUT2D eigenvalue weighted by Crippen LogP contribution is 2.20. The zero-order valence-corrected chi connectivity index (χ0v) is 12.3. The molecule has 0 aliphatic rings. The van der Waals surface area contributed by atoms with Crippen LogP contribution in [0.4, 0.5) is 0 Å². The molecule has 0 aliphatic carbocycles. The quantitative estimate of drug-likeness (QED) is 0.893. The molecule has 0 saturated heterocycles. The molecule has 1 heterocycles. The number of carbonyl (C=O) groups is 1. The molecular formula is C13H14N2O5S. The fourth-order valence-electron chi connectivity index (χ4n) is 1.90. The maximum Gasteiger partial charge on any atom is 0.336 e. The number of carboxylic acid groups (broad SMARTS) is 1. The maximum absolute atomic E-state index is 12.3. The van der Waals surface area contributed by atoms with Gasteiger partial charge in [-0.3, -0.25) is 0 Å². The highest BCUT2D eigenvalue weighted by Gasteiger charge is 2.21. The third kappa shape index (κ3) is 3.27. The number of benzene rings is 1. The van der Waals surface area contributed by atoms with Crippen LogP contribution in [0.5, 0.6) is 0 Å². The van der Waals surface area contributed by atoms with E-state index in [0.717, 1.165) is 0 Å². The highest BCUT2D eigenvalue weighted by atomic mass is 32.2. The number of carboxylic acids is 1. The van der Waals surface area contributed by atoms with Crippen molar-refractivity contribution in [2.45, 2.75) is 30.9 Å². The van der Waals surface area contributed by atoms with E-state index in [1.165, 1.54) is 18.2 Å². The van der Waals surface area contributed by atoms with Crippen LogP contribution in [0.15, 0.2) is 27.5 Å². The monoisotopic (exact) mass is 310 g/mol. The highest BCUT2D eigenvalue weighted by molar-refractivity contribution is 7.90. The van der Waals surface area contributed by atoms with Crippen LogP contribution in [0.1, 0.15) is 34.6 Å². The number of rotatable bonds is 5. The van der Waals surface area contributed by atoms with E-state index < -0.39 is 21.6 Å². The summed E-state index contributed by atoms with van der Waals surface area (Å²) in [4.78, 5) is 11.1. The van der Waals surface area contributed by atoms with Crippen LogP contribution >= 0.6 is 0 Å². The van der Waals surface area contributed by atoms with E-state index in [1.807, 2.05) is 0 Å². The summed E-state index contributed by atoms with van der Waals surface area (Å²) in [5, 5.41) is 16.3. The summed E-state index contributed by atoms with van der Waals surface area (Å²) in [5.41, 5.74) is 0.565. The Kier molecular flexibility index (Phi) is 4.08. The van der Waals surface area contributed by atoms with Crippen LogP contribution in [0.25, 0.3) is 0 Å². The molecule has 8 heteroatoms. The van der Waals surface area contributed by atoms with Gasteiger partial charge in [-0.05, 0) is 24.1 Å². The first-order valence-corrected chi connectivity index (χ1v) is 7.86. The molecule has 1 aromatic heterocycles. The van der Waals surface area contributed by atoms with Gasteiger partial charge in [0.1, 0.15) is 5.75 Å². The molecule has 0 unspecified atom stereocenters.